The lowest BCUT2D eigenvalue weighted by Gasteiger charge is -1.99. The van der Waals surface area contributed by atoms with Gasteiger partial charge in [0.25, 0.3) is 0 Å². The number of aryl methyl sites for hydroxylation is 1. The van der Waals surface area contributed by atoms with Gasteiger partial charge in [0, 0.05) is 25.5 Å². The second kappa shape index (κ2) is 3.06. The Bertz CT molecular complexity index is 650. The Morgan fingerprint density at radius 3 is 2.94 bits per heavy atom. The van der Waals surface area contributed by atoms with Crippen LogP contribution >= 0.6 is 0 Å². The van der Waals surface area contributed by atoms with E-state index in [1.54, 1.807) is 15.4 Å². The van der Waals surface area contributed by atoms with E-state index >= 15 is 0 Å². The highest BCUT2D eigenvalue weighted by atomic mass is 15.3. The van der Waals surface area contributed by atoms with Gasteiger partial charge in [0.05, 0.1) is 0 Å². The molecule has 0 aliphatic heterocycles. The van der Waals surface area contributed by atoms with E-state index in [9.17, 15) is 0 Å². The molecule has 3 aromatic heterocycles. The van der Waals surface area contributed by atoms with Gasteiger partial charge in [-0.25, -0.2) is 14.5 Å². The van der Waals surface area contributed by atoms with Gasteiger partial charge >= 0.3 is 0 Å². The minimum absolute atomic E-state index is 0.396. The van der Waals surface area contributed by atoms with Gasteiger partial charge in [-0.2, -0.15) is 5.10 Å². The third kappa shape index (κ3) is 1.16. The Labute approximate surface area is 91.3 Å². The zero-order valence-corrected chi connectivity index (χ0v) is 8.70. The molecule has 2 N–H and O–H groups in total. The molecule has 0 saturated heterocycles. The molecule has 0 saturated carbocycles. The highest BCUT2D eigenvalue weighted by Crippen LogP contribution is 2.19. The van der Waals surface area contributed by atoms with Gasteiger partial charge in [-0.05, 0) is 12.1 Å². The first-order valence-electron chi connectivity index (χ1n) is 4.84. The number of fused-ring (bicyclic) bond motifs is 1. The largest absolute Gasteiger partial charge is 0.369 e. The quantitative estimate of drug-likeness (QED) is 0.648. The van der Waals surface area contributed by atoms with Crippen molar-refractivity contribution in [1.82, 2.24) is 24.3 Å². The summed E-state index contributed by atoms with van der Waals surface area (Å²) in [5, 5.41) is 4.28. The lowest BCUT2D eigenvalue weighted by atomic mass is 10.4. The summed E-state index contributed by atoms with van der Waals surface area (Å²) in [5.41, 5.74) is 7.35. The van der Waals surface area contributed by atoms with Crippen molar-refractivity contribution >= 4 is 17.1 Å². The van der Waals surface area contributed by atoms with Crippen LogP contribution in [0.25, 0.3) is 17.0 Å². The molecule has 6 nitrogen and oxygen atoms in total. The van der Waals surface area contributed by atoms with E-state index in [0.29, 0.717) is 5.95 Å². The summed E-state index contributed by atoms with van der Waals surface area (Å²) < 4.78 is 3.44. The van der Waals surface area contributed by atoms with Crippen molar-refractivity contribution in [2.24, 2.45) is 7.05 Å². The number of nitrogens with zero attached hydrogens (tertiary/aromatic N) is 5. The van der Waals surface area contributed by atoms with E-state index < -0.39 is 0 Å². The average molecular weight is 214 g/mol. The molecule has 0 aliphatic carbocycles. The van der Waals surface area contributed by atoms with Crippen LogP contribution < -0.4 is 5.73 Å². The molecule has 6 heteroatoms. The van der Waals surface area contributed by atoms with Crippen LogP contribution in [0.4, 0.5) is 5.95 Å². The SMILES string of the molecule is Cn1ccc(-n2c(N)nc3cccnc32)n1. The van der Waals surface area contributed by atoms with Crippen molar-refractivity contribution in [2.75, 3.05) is 5.73 Å². The standard InChI is InChI=1S/C10H10N6/c1-15-6-4-8(14-15)16-9-7(13-10(16)11)3-2-5-12-9/h2-6H,1H3,(H2,11,13). The van der Waals surface area contributed by atoms with Gasteiger partial charge in [0.15, 0.2) is 11.5 Å². The van der Waals surface area contributed by atoms with Crippen molar-refractivity contribution in [1.29, 1.82) is 0 Å². The molecular weight excluding hydrogens is 204 g/mol. The Balaban J connectivity index is 2.34. The van der Waals surface area contributed by atoms with Gasteiger partial charge < -0.3 is 5.73 Å². The number of hydrogen-bond acceptors (Lipinski definition) is 4. The molecule has 0 aromatic carbocycles. The molecule has 80 valence electrons. The molecule has 0 atom stereocenters. The van der Waals surface area contributed by atoms with Crippen LogP contribution in [-0.2, 0) is 7.05 Å². The molecular formula is C10H10N6. The van der Waals surface area contributed by atoms with Crippen LogP contribution in [0, 0.1) is 0 Å². The van der Waals surface area contributed by atoms with Gasteiger partial charge in [0.2, 0.25) is 5.95 Å². The summed E-state index contributed by atoms with van der Waals surface area (Å²) in [5.74, 6) is 1.12. The number of anilines is 1. The number of nitrogen functional groups attached to an aromatic ring is 1. The van der Waals surface area contributed by atoms with Crippen LogP contribution in [0.2, 0.25) is 0 Å². The minimum Gasteiger partial charge on any atom is -0.369 e. The van der Waals surface area contributed by atoms with Crippen LogP contribution in [0.1, 0.15) is 0 Å². The van der Waals surface area contributed by atoms with Gasteiger partial charge in [-0.3, -0.25) is 4.68 Å². The van der Waals surface area contributed by atoms with Crippen molar-refractivity contribution in [3.8, 4) is 5.82 Å². The topological polar surface area (TPSA) is 74.5 Å². The number of rotatable bonds is 1. The molecule has 16 heavy (non-hydrogen) atoms. The lowest BCUT2D eigenvalue weighted by Crippen LogP contribution is -2.02. The second-order valence-electron chi connectivity index (χ2n) is 3.50. The van der Waals surface area contributed by atoms with Gasteiger partial charge in [-0.1, -0.05) is 0 Å². The molecule has 3 rings (SSSR count). The van der Waals surface area contributed by atoms with Gasteiger partial charge in [-0.15, -0.1) is 0 Å². The maximum Gasteiger partial charge on any atom is 0.208 e. The van der Waals surface area contributed by atoms with Crippen molar-refractivity contribution in [3.63, 3.8) is 0 Å². The Morgan fingerprint density at radius 2 is 2.19 bits per heavy atom. The number of hydrogen-bond donors (Lipinski definition) is 1. The van der Waals surface area contributed by atoms with E-state index in [1.165, 1.54) is 0 Å². The van der Waals surface area contributed by atoms with Crippen molar-refractivity contribution < 1.29 is 0 Å². The number of nitrogens with two attached hydrogens (primary N) is 1. The summed E-state index contributed by atoms with van der Waals surface area (Å²) in [6.45, 7) is 0. The third-order valence-corrected chi connectivity index (χ3v) is 2.37. The molecule has 3 aromatic rings. The highest BCUT2D eigenvalue weighted by Gasteiger charge is 2.11. The molecule has 0 unspecified atom stereocenters. The average Bonchev–Trinajstić information content (AvgIpc) is 2.80. The lowest BCUT2D eigenvalue weighted by molar-refractivity contribution is 0.754. The Kier molecular flexibility index (Phi) is 1.70. The monoisotopic (exact) mass is 214 g/mol. The van der Waals surface area contributed by atoms with E-state index in [4.69, 9.17) is 5.73 Å². The summed E-state index contributed by atoms with van der Waals surface area (Å²) in [7, 11) is 1.85. The maximum atomic E-state index is 5.86. The van der Waals surface area contributed by atoms with Crippen LogP contribution in [0.5, 0.6) is 0 Å². The maximum absolute atomic E-state index is 5.86. The molecule has 0 radical (unpaired) electrons. The summed E-state index contributed by atoms with van der Waals surface area (Å²) in [6, 6.07) is 5.57. The fraction of sp³-hybridized carbons (Fsp3) is 0.100. The molecule has 0 fully saturated rings. The number of aromatic nitrogens is 5. The summed E-state index contributed by atoms with van der Waals surface area (Å²) >= 11 is 0. The zero-order chi connectivity index (χ0) is 11.1. The van der Waals surface area contributed by atoms with Crippen LogP contribution in [0.3, 0.4) is 0 Å². The third-order valence-electron chi connectivity index (χ3n) is 2.37. The summed E-state index contributed by atoms with van der Waals surface area (Å²) in [6.07, 6.45) is 3.56. The fourth-order valence-electron chi connectivity index (χ4n) is 1.68. The molecule has 0 bridgehead atoms. The van der Waals surface area contributed by atoms with E-state index in [0.717, 1.165) is 17.0 Å². The summed E-state index contributed by atoms with van der Waals surface area (Å²) in [4.78, 5) is 8.49. The van der Waals surface area contributed by atoms with Crippen molar-refractivity contribution in [3.05, 3.63) is 30.6 Å². The predicted molar refractivity (Wildman–Crippen MR) is 60.0 cm³/mol. The van der Waals surface area contributed by atoms with Gasteiger partial charge in [0.1, 0.15) is 5.52 Å². The second-order valence-corrected chi connectivity index (χ2v) is 3.50. The van der Waals surface area contributed by atoms with E-state index in [2.05, 4.69) is 15.1 Å². The van der Waals surface area contributed by atoms with Crippen molar-refractivity contribution in [2.45, 2.75) is 0 Å². The minimum atomic E-state index is 0.396. The normalized spacial score (nSPS) is 11.1. The highest BCUT2D eigenvalue weighted by molar-refractivity contribution is 5.76. The molecule has 0 amide bonds. The zero-order valence-electron chi connectivity index (χ0n) is 8.70. The number of pyridine rings is 1. The Hall–Kier alpha value is -2.37. The molecule has 0 spiro atoms. The molecule has 0 aliphatic rings. The first-order chi connectivity index (χ1) is 7.75. The number of imidazole rings is 1. The van der Waals surface area contributed by atoms with Crippen LogP contribution in [-0.4, -0.2) is 24.3 Å². The first kappa shape index (κ1) is 8.90. The first-order valence-corrected chi connectivity index (χ1v) is 4.84. The van der Waals surface area contributed by atoms with Crippen LogP contribution in [0.15, 0.2) is 30.6 Å². The predicted octanol–water partition coefficient (Wildman–Crippen LogP) is 0.736. The smallest absolute Gasteiger partial charge is 0.208 e. The Morgan fingerprint density at radius 1 is 1.31 bits per heavy atom. The fourth-order valence-corrected chi connectivity index (χ4v) is 1.68. The van der Waals surface area contributed by atoms with E-state index in [-0.39, 0.29) is 0 Å². The molecule has 3 heterocycles. The van der Waals surface area contributed by atoms with E-state index in [1.807, 2.05) is 31.4 Å².